The van der Waals surface area contributed by atoms with Crippen LogP contribution in [-0.4, -0.2) is 83.7 Å². The fourth-order valence-corrected chi connectivity index (χ4v) is 1.70. The molecule has 6 heteroatoms. The first-order valence-electron chi connectivity index (χ1n) is 7.15. The summed E-state index contributed by atoms with van der Waals surface area (Å²) in [6.45, 7) is 5.19. The first kappa shape index (κ1) is 19.1. The van der Waals surface area contributed by atoms with E-state index in [-0.39, 0.29) is 6.03 Å². The van der Waals surface area contributed by atoms with Crippen molar-refractivity contribution in [3.8, 4) is 0 Å². The van der Waals surface area contributed by atoms with Gasteiger partial charge in [-0.1, -0.05) is 0 Å². The Balaban J connectivity index is 0.000000287. The normalized spacial score (nSPS) is 18.1. The molecule has 20 heavy (non-hydrogen) atoms. The third-order valence-corrected chi connectivity index (χ3v) is 2.96. The van der Waals surface area contributed by atoms with Crippen molar-refractivity contribution >= 4 is 6.03 Å². The smallest absolute Gasteiger partial charge is 0.319 e. The second kappa shape index (κ2) is 13.1. The van der Waals surface area contributed by atoms with Crippen molar-refractivity contribution in [1.82, 2.24) is 9.80 Å². The zero-order chi connectivity index (χ0) is 15.2. The van der Waals surface area contributed by atoms with E-state index in [1.54, 1.807) is 24.0 Å². The third kappa shape index (κ3) is 10.00. The van der Waals surface area contributed by atoms with Crippen LogP contribution < -0.4 is 0 Å². The second-order valence-corrected chi connectivity index (χ2v) is 4.78. The standard InChI is InChI=1S/C6H12N2O.C4H10O2.C4H8O/c1-7-4-3-5-8(2)6(7)9;1-5-3-4-6-2;1-2-4-5-3-1/h3-5H2,1-2H3;3-4H2,1-2H3;1-4H2. The summed E-state index contributed by atoms with van der Waals surface area (Å²) < 4.78 is 14.3. The number of amides is 2. The fourth-order valence-electron chi connectivity index (χ4n) is 1.70. The molecule has 2 amide bonds. The Morgan fingerprint density at radius 3 is 1.65 bits per heavy atom. The average molecular weight is 290 g/mol. The average Bonchev–Trinajstić information content (AvgIpc) is 3.02. The van der Waals surface area contributed by atoms with Gasteiger partial charge in [-0.15, -0.1) is 0 Å². The Labute approximate surface area is 123 Å². The van der Waals surface area contributed by atoms with Crippen LogP contribution in [0.3, 0.4) is 0 Å². The van der Waals surface area contributed by atoms with Crippen molar-refractivity contribution in [2.45, 2.75) is 19.3 Å². The number of ether oxygens (including phenoxy) is 3. The van der Waals surface area contributed by atoms with Gasteiger partial charge in [-0.25, -0.2) is 4.79 Å². The lowest BCUT2D eigenvalue weighted by Gasteiger charge is -2.30. The van der Waals surface area contributed by atoms with Crippen LogP contribution in [-0.2, 0) is 14.2 Å². The molecule has 120 valence electrons. The molecule has 0 unspecified atom stereocenters. The molecule has 0 N–H and O–H groups in total. The molecular weight excluding hydrogens is 260 g/mol. The summed E-state index contributed by atoms with van der Waals surface area (Å²) in [4.78, 5) is 14.5. The van der Waals surface area contributed by atoms with Crippen LogP contribution in [0.15, 0.2) is 0 Å². The summed E-state index contributed by atoms with van der Waals surface area (Å²) in [7, 11) is 6.97. The molecule has 0 aliphatic carbocycles. The van der Waals surface area contributed by atoms with Crippen molar-refractivity contribution < 1.29 is 19.0 Å². The molecule has 0 aromatic heterocycles. The molecule has 0 spiro atoms. The van der Waals surface area contributed by atoms with E-state index in [4.69, 9.17) is 4.74 Å². The Bertz CT molecular complexity index is 212. The Morgan fingerprint density at radius 2 is 1.40 bits per heavy atom. The molecule has 2 aliphatic rings. The largest absolute Gasteiger partial charge is 0.382 e. The maximum atomic E-state index is 11.0. The number of hydrogen-bond acceptors (Lipinski definition) is 4. The molecule has 2 heterocycles. The van der Waals surface area contributed by atoms with Gasteiger partial charge in [0.1, 0.15) is 0 Å². The monoisotopic (exact) mass is 290 g/mol. The van der Waals surface area contributed by atoms with E-state index < -0.39 is 0 Å². The molecular formula is C14H30N2O4. The van der Waals surface area contributed by atoms with Gasteiger partial charge in [-0.2, -0.15) is 0 Å². The van der Waals surface area contributed by atoms with Crippen LogP contribution in [0.4, 0.5) is 4.79 Å². The number of methoxy groups -OCH3 is 2. The van der Waals surface area contributed by atoms with Gasteiger partial charge in [0.25, 0.3) is 0 Å². The summed E-state index contributed by atoms with van der Waals surface area (Å²) in [5, 5.41) is 0. The zero-order valence-corrected chi connectivity index (χ0v) is 13.4. The molecule has 0 bridgehead atoms. The first-order valence-corrected chi connectivity index (χ1v) is 7.15. The van der Waals surface area contributed by atoms with E-state index in [0.717, 1.165) is 32.7 Å². The van der Waals surface area contributed by atoms with Crippen molar-refractivity contribution in [2.75, 3.05) is 67.8 Å². The second-order valence-electron chi connectivity index (χ2n) is 4.78. The maximum absolute atomic E-state index is 11.0. The minimum absolute atomic E-state index is 0.140. The Hall–Kier alpha value is -0.850. The van der Waals surface area contributed by atoms with Crippen molar-refractivity contribution in [3.63, 3.8) is 0 Å². The van der Waals surface area contributed by atoms with Gasteiger partial charge in [-0.05, 0) is 19.3 Å². The summed E-state index contributed by atoms with van der Waals surface area (Å²) in [5.41, 5.74) is 0. The van der Waals surface area contributed by atoms with Gasteiger partial charge < -0.3 is 24.0 Å². The molecule has 0 aromatic rings. The van der Waals surface area contributed by atoms with E-state index in [0.29, 0.717) is 13.2 Å². The highest BCUT2D eigenvalue weighted by atomic mass is 16.5. The lowest BCUT2D eigenvalue weighted by atomic mass is 10.3. The summed E-state index contributed by atoms with van der Waals surface area (Å²) in [6.07, 6.45) is 3.65. The number of carbonyl (C=O) groups is 1. The summed E-state index contributed by atoms with van der Waals surface area (Å²) in [6, 6.07) is 0.140. The van der Waals surface area contributed by atoms with Gasteiger partial charge in [0, 0.05) is 54.6 Å². The molecule has 2 saturated heterocycles. The van der Waals surface area contributed by atoms with E-state index >= 15 is 0 Å². The highest BCUT2D eigenvalue weighted by molar-refractivity contribution is 5.74. The van der Waals surface area contributed by atoms with E-state index in [2.05, 4.69) is 9.47 Å². The predicted octanol–water partition coefficient (Wildman–Crippen LogP) is 1.45. The van der Waals surface area contributed by atoms with Gasteiger partial charge >= 0.3 is 6.03 Å². The Kier molecular flexibility index (Phi) is 12.6. The lowest BCUT2D eigenvalue weighted by molar-refractivity contribution is 0.103. The van der Waals surface area contributed by atoms with Crippen LogP contribution in [0.2, 0.25) is 0 Å². The number of nitrogens with zero attached hydrogens (tertiary/aromatic N) is 2. The van der Waals surface area contributed by atoms with Gasteiger partial charge in [0.05, 0.1) is 13.2 Å². The van der Waals surface area contributed by atoms with E-state index in [1.165, 1.54) is 12.8 Å². The van der Waals surface area contributed by atoms with E-state index in [9.17, 15) is 4.79 Å². The molecule has 2 aliphatic heterocycles. The molecule has 0 radical (unpaired) electrons. The molecule has 2 fully saturated rings. The van der Waals surface area contributed by atoms with Crippen LogP contribution in [0.1, 0.15) is 19.3 Å². The Morgan fingerprint density at radius 1 is 0.950 bits per heavy atom. The quantitative estimate of drug-likeness (QED) is 0.738. The molecule has 2 rings (SSSR count). The van der Waals surface area contributed by atoms with Crippen LogP contribution in [0.25, 0.3) is 0 Å². The lowest BCUT2D eigenvalue weighted by Crippen LogP contribution is -2.44. The minimum Gasteiger partial charge on any atom is -0.382 e. The van der Waals surface area contributed by atoms with Crippen molar-refractivity contribution in [1.29, 1.82) is 0 Å². The van der Waals surface area contributed by atoms with E-state index in [1.807, 2.05) is 14.1 Å². The highest BCUT2D eigenvalue weighted by Crippen LogP contribution is 2.02. The summed E-state index contributed by atoms with van der Waals surface area (Å²) in [5.74, 6) is 0. The SMILES string of the molecule is C1CCOC1.CN1CCCN(C)C1=O.COCCOC. The maximum Gasteiger partial charge on any atom is 0.319 e. The van der Waals surface area contributed by atoms with Crippen molar-refractivity contribution in [3.05, 3.63) is 0 Å². The summed E-state index contributed by atoms with van der Waals surface area (Å²) >= 11 is 0. The topological polar surface area (TPSA) is 51.2 Å². The molecule has 0 saturated carbocycles. The third-order valence-electron chi connectivity index (χ3n) is 2.96. The van der Waals surface area contributed by atoms with Gasteiger partial charge in [0.15, 0.2) is 0 Å². The van der Waals surface area contributed by atoms with Crippen LogP contribution in [0, 0.1) is 0 Å². The van der Waals surface area contributed by atoms with Crippen LogP contribution >= 0.6 is 0 Å². The number of carbonyl (C=O) groups excluding carboxylic acids is 1. The van der Waals surface area contributed by atoms with Gasteiger partial charge in [-0.3, -0.25) is 0 Å². The predicted molar refractivity (Wildman–Crippen MR) is 79.1 cm³/mol. The minimum atomic E-state index is 0.140. The first-order chi connectivity index (χ1) is 9.63. The van der Waals surface area contributed by atoms with Crippen molar-refractivity contribution in [2.24, 2.45) is 0 Å². The molecule has 6 nitrogen and oxygen atoms in total. The van der Waals surface area contributed by atoms with Gasteiger partial charge in [0.2, 0.25) is 0 Å². The number of hydrogen-bond donors (Lipinski definition) is 0. The van der Waals surface area contributed by atoms with Crippen LogP contribution in [0.5, 0.6) is 0 Å². The fraction of sp³-hybridized carbons (Fsp3) is 0.929. The number of rotatable bonds is 3. The number of urea groups is 1. The molecule has 0 aromatic carbocycles. The highest BCUT2D eigenvalue weighted by Gasteiger charge is 2.17. The molecule has 0 atom stereocenters. The zero-order valence-electron chi connectivity index (χ0n) is 13.4.